The van der Waals surface area contributed by atoms with E-state index in [1.807, 2.05) is 5.32 Å². The number of rotatable bonds is 7. The van der Waals surface area contributed by atoms with Gasteiger partial charge in [0.2, 0.25) is 15.9 Å². The minimum absolute atomic E-state index is 0.0435. The zero-order valence-electron chi connectivity index (χ0n) is 11.5. The Labute approximate surface area is 117 Å². The first-order chi connectivity index (χ1) is 8.91. The molecular formula is C10H19N3O6S. The molecule has 0 aromatic rings. The lowest BCUT2D eigenvalue weighted by molar-refractivity contribution is -0.138. The number of aliphatic carboxylic acids is 1. The number of carbonyl (C=O) groups is 3. The molecule has 0 aliphatic heterocycles. The number of carbonyl (C=O) groups excluding carboxylic acids is 2. The van der Waals surface area contributed by atoms with E-state index in [0.29, 0.717) is 0 Å². The summed E-state index contributed by atoms with van der Waals surface area (Å²) in [5.41, 5.74) is -0.922. The van der Waals surface area contributed by atoms with Gasteiger partial charge in [0.25, 0.3) is 0 Å². The number of sulfonamides is 1. The molecule has 0 spiro atoms. The minimum Gasteiger partial charge on any atom is -0.481 e. The molecule has 116 valence electrons. The average molecular weight is 309 g/mol. The van der Waals surface area contributed by atoms with Crippen molar-refractivity contribution in [3.63, 3.8) is 0 Å². The molecular weight excluding hydrogens is 290 g/mol. The van der Waals surface area contributed by atoms with Crippen LogP contribution in [0.2, 0.25) is 0 Å². The van der Waals surface area contributed by atoms with E-state index in [2.05, 4.69) is 10.0 Å². The number of carboxylic acids is 1. The Morgan fingerprint density at radius 3 is 2.15 bits per heavy atom. The van der Waals surface area contributed by atoms with Crippen LogP contribution in [0.1, 0.15) is 26.7 Å². The largest absolute Gasteiger partial charge is 0.481 e. The fraction of sp³-hybridized carbons (Fsp3) is 0.700. The van der Waals surface area contributed by atoms with Gasteiger partial charge in [-0.3, -0.25) is 14.9 Å². The van der Waals surface area contributed by atoms with Crippen LogP contribution in [0.4, 0.5) is 4.79 Å². The van der Waals surface area contributed by atoms with Gasteiger partial charge in [0.05, 0.1) is 12.7 Å². The summed E-state index contributed by atoms with van der Waals surface area (Å²) < 4.78 is 24.4. The van der Waals surface area contributed by atoms with E-state index in [-0.39, 0.29) is 19.4 Å². The number of nitrogens with one attached hydrogen (secondary N) is 3. The highest BCUT2D eigenvalue weighted by atomic mass is 32.2. The molecule has 0 heterocycles. The number of amides is 3. The van der Waals surface area contributed by atoms with Gasteiger partial charge in [-0.15, -0.1) is 0 Å². The van der Waals surface area contributed by atoms with Crippen molar-refractivity contribution >= 4 is 27.9 Å². The Morgan fingerprint density at radius 1 is 1.15 bits per heavy atom. The summed E-state index contributed by atoms with van der Waals surface area (Å²) in [5.74, 6) is -1.86. The highest BCUT2D eigenvalue weighted by Crippen LogP contribution is 2.01. The maximum absolute atomic E-state index is 11.3. The maximum atomic E-state index is 11.3. The van der Waals surface area contributed by atoms with Crippen LogP contribution in [-0.2, 0) is 19.6 Å². The van der Waals surface area contributed by atoms with Crippen LogP contribution in [-0.4, -0.2) is 49.8 Å². The summed E-state index contributed by atoms with van der Waals surface area (Å²) in [4.78, 5) is 32.7. The summed E-state index contributed by atoms with van der Waals surface area (Å²) in [7, 11) is -3.42. The molecule has 0 aromatic carbocycles. The minimum atomic E-state index is -3.42. The fourth-order valence-corrected chi connectivity index (χ4v) is 2.37. The topological polar surface area (TPSA) is 142 Å². The lowest BCUT2D eigenvalue weighted by atomic mass is 10.1. The Hall–Kier alpha value is -1.68. The van der Waals surface area contributed by atoms with E-state index in [4.69, 9.17) is 5.11 Å². The zero-order valence-corrected chi connectivity index (χ0v) is 12.3. The highest BCUT2D eigenvalue weighted by molar-refractivity contribution is 7.88. The molecule has 0 saturated heterocycles. The molecule has 0 fully saturated rings. The van der Waals surface area contributed by atoms with Gasteiger partial charge in [0.1, 0.15) is 0 Å². The van der Waals surface area contributed by atoms with Crippen LogP contribution in [0.5, 0.6) is 0 Å². The molecule has 0 aliphatic rings. The van der Waals surface area contributed by atoms with Crippen LogP contribution in [0.15, 0.2) is 0 Å². The quantitative estimate of drug-likeness (QED) is 0.475. The summed E-state index contributed by atoms with van der Waals surface area (Å²) >= 11 is 0. The third kappa shape index (κ3) is 10.3. The Morgan fingerprint density at radius 2 is 1.70 bits per heavy atom. The van der Waals surface area contributed by atoms with Crippen LogP contribution in [0, 0.1) is 0 Å². The third-order valence-electron chi connectivity index (χ3n) is 1.97. The van der Waals surface area contributed by atoms with Crippen molar-refractivity contribution in [3.05, 3.63) is 0 Å². The van der Waals surface area contributed by atoms with Gasteiger partial charge < -0.3 is 10.4 Å². The lowest BCUT2D eigenvalue weighted by Gasteiger charge is -2.25. The second-order valence-electron chi connectivity index (χ2n) is 4.88. The molecule has 0 rings (SSSR count). The summed E-state index contributed by atoms with van der Waals surface area (Å²) in [5, 5.41) is 12.6. The molecule has 0 aromatic heterocycles. The molecule has 10 heteroatoms. The Kier molecular flexibility index (Phi) is 6.59. The SMILES string of the molecule is CC(C)(CNC(=O)NC(=O)CCC(=O)O)NS(C)(=O)=O. The van der Waals surface area contributed by atoms with Crippen LogP contribution in [0.25, 0.3) is 0 Å². The molecule has 0 unspecified atom stereocenters. The fourth-order valence-electron chi connectivity index (χ4n) is 1.29. The second-order valence-corrected chi connectivity index (χ2v) is 6.63. The number of hydrogen-bond acceptors (Lipinski definition) is 5. The summed E-state index contributed by atoms with van der Waals surface area (Å²) in [6.07, 6.45) is 0.304. The van der Waals surface area contributed by atoms with Gasteiger partial charge >= 0.3 is 12.0 Å². The van der Waals surface area contributed by atoms with Crippen LogP contribution >= 0.6 is 0 Å². The van der Waals surface area contributed by atoms with Gasteiger partial charge in [0, 0.05) is 18.5 Å². The Bertz CT molecular complexity index is 485. The molecule has 0 atom stereocenters. The zero-order chi connectivity index (χ0) is 16.0. The molecule has 0 bridgehead atoms. The molecule has 0 saturated carbocycles. The van der Waals surface area contributed by atoms with Crippen molar-refractivity contribution < 1.29 is 27.9 Å². The highest BCUT2D eigenvalue weighted by Gasteiger charge is 2.23. The maximum Gasteiger partial charge on any atom is 0.321 e. The summed E-state index contributed by atoms with van der Waals surface area (Å²) in [6, 6.07) is -0.816. The molecule has 0 radical (unpaired) electrons. The molecule has 4 N–H and O–H groups in total. The first kappa shape index (κ1) is 18.3. The molecule has 3 amide bonds. The first-order valence-electron chi connectivity index (χ1n) is 5.70. The number of urea groups is 1. The van der Waals surface area contributed by atoms with E-state index >= 15 is 0 Å². The standard InChI is InChI=1S/C10H19N3O6S/c1-10(2,13-20(3,18)19)6-11-9(17)12-7(14)4-5-8(15)16/h13H,4-6H2,1-3H3,(H,15,16)(H2,11,12,14,17). The van der Waals surface area contributed by atoms with E-state index in [0.717, 1.165) is 6.26 Å². The van der Waals surface area contributed by atoms with Gasteiger partial charge in [0.15, 0.2) is 0 Å². The normalized spacial score (nSPS) is 11.8. The predicted octanol–water partition coefficient (Wildman–Crippen LogP) is -0.995. The molecule has 20 heavy (non-hydrogen) atoms. The second kappa shape index (κ2) is 7.20. The van der Waals surface area contributed by atoms with Crippen molar-refractivity contribution in [2.45, 2.75) is 32.2 Å². The smallest absolute Gasteiger partial charge is 0.321 e. The molecule has 9 nitrogen and oxygen atoms in total. The van der Waals surface area contributed by atoms with Crippen molar-refractivity contribution in [1.29, 1.82) is 0 Å². The monoisotopic (exact) mass is 309 g/mol. The number of carboxylic acid groups (broad SMARTS) is 1. The van der Waals surface area contributed by atoms with Crippen molar-refractivity contribution in [3.8, 4) is 0 Å². The van der Waals surface area contributed by atoms with Crippen molar-refractivity contribution in [1.82, 2.24) is 15.4 Å². The van der Waals surface area contributed by atoms with Crippen molar-refractivity contribution in [2.24, 2.45) is 0 Å². The van der Waals surface area contributed by atoms with Gasteiger partial charge in [-0.2, -0.15) is 0 Å². The van der Waals surface area contributed by atoms with Crippen molar-refractivity contribution in [2.75, 3.05) is 12.8 Å². The van der Waals surface area contributed by atoms with Crippen LogP contribution in [0.3, 0.4) is 0 Å². The van der Waals surface area contributed by atoms with E-state index in [1.165, 1.54) is 0 Å². The first-order valence-corrected chi connectivity index (χ1v) is 7.59. The van der Waals surface area contributed by atoms with Gasteiger partial charge in [-0.25, -0.2) is 17.9 Å². The third-order valence-corrected chi connectivity index (χ3v) is 2.89. The Balaban J connectivity index is 4.16. The number of hydrogen-bond donors (Lipinski definition) is 4. The van der Waals surface area contributed by atoms with E-state index in [1.54, 1.807) is 13.8 Å². The van der Waals surface area contributed by atoms with Gasteiger partial charge in [-0.05, 0) is 13.8 Å². The van der Waals surface area contributed by atoms with Gasteiger partial charge in [-0.1, -0.05) is 0 Å². The van der Waals surface area contributed by atoms with Crippen LogP contribution < -0.4 is 15.4 Å². The lowest BCUT2D eigenvalue weighted by Crippen LogP contribution is -2.53. The predicted molar refractivity (Wildman–Crippen MR) is 70.5 cm³/mol. The average Bonchev–Trinajstić information content (AvgIpc) is 2.20. The van der Waals surface area contributed by atoms with E-state index in [9.17, 15) is 22.8 Å². The summed E-state index contributed by atoms with van der Waals surface area (Å²) in [6.45, 7) is 3.07. The van der Waals surface area contributed by atoms with E-state index < -0.39 is 33.5 Å². The number of imide groups is 1. The molecule has 0 aliphatic carbocycles.